The Labute approximate surface area is 183 Å². The van der Waals surface area contributed by atoms with Crippen molar-refractivity contribution in [2.45, 2.75) is 51.0 Å². The second kappa shape index (κ2) is 9.62. The first-order valence-electron chi connectivity index (χ1n) is 10.4. The first-order valence-corrected chi connectivity index (χ1v) is 11.9. The highest BCUT2D eigenvalue weighted by Gasteiger charge is 2.30. The molecule has 0 unspecified atom stereocenters. The molecule has 0 radical (unpaired) electrons. The molecule has 2 amide bonds. The van der Waals surface area contributed by atoms with Gasteiger partial charge >= 0.3 is 0 Å². The zero-order valence-electron chi connectivity index (χ0n) is 18.1. The number of nitrogens with zero attached hydrogens (tertiary/aromatic N) is 1. The normalized spacial score (nSPS) is 15.6. The summed E-state index contributed by atoms with van der Waals surface area (Å²) in [4.78, 5) is 25.7. The van der Waals surface area contributed by atoms with Crippen molar-refractivity contribution in [1.82, 2.24) is 10.0 Å². The van der Waals surface area contributed by atoms with Crippen molar-refractivity contribution in [1.29, 1.82) is 0 Å². The molecule has 2 aromatic rings. The summed E-state index contributed by atoms with van der Waals surface area (Å²) in [6.45, 7) is 5.99. The third-order valence-electron chi connectivity index (χ3n) is 5.38. The summed E-state index contributed by atoms with van der Waals surface area (Å²) in [6.07, 6.45) is 1.40. The first-order chi connectivity index (χ1) is 14.7. The Hall–Kier alpha value is -2.71. The standard InChI is InChI=1S/C23H29N3O4S/c1-16-5-4-6-19(13-16)9-11-24-23(28)10-12-25-31(29,30)21-7-8-22-20(15-21)14-17(2)26(22)18(3)27/h4-8,13,15,17,25H,9-12,14H2,1-3H3,(H,24,28)/t17-/m1/s1. The van der Waals surface area contributed by atoms with Gasteiger partial charge in [0.15, 0.2) is 0 Å². The molecule has 0 spiro atoms. The summed E-state index contributed by atoms with van der Waals surface area (Å²) in [7, 11) is -3.73. The van der Waals surface area contributed by atoms with E-state index >= 15 is 0 Å². The van der Waals surface area contributed by atoms with Crippen LogP contribution in [0.1, 0.15) is 37.0 Å². The maximum atomic E-state index is 12.6. The Morgan fingerprint density at radius 3 is 2.61 bits per heavy atom. The molecule has 1 aliphatic rings. The van der Waals surface area contributed by atoms with E-state index in [1.54, 1.807) is 17.0 Å². The lowest BCUT2D eigenvalue weighted by Gasteiger charge is -2.20. The highest BCUT2D eigenvalue weighted by atomic mass is 32.2. The fourth-order valence-electron chi connectivity index (χ4n) is 3.94. The van der Waals surface area contributed by atoms with E-state index in [0.717, 1.165) is 23.2 Å². The molecular weight excluding hydrogens is 414 g/mol. The minimum atomic E-state index is -3.73. The number of anilines is 1. The maximum Gasteiger partial charge on any atom is 0.240 e. The van der Waals surface area contributed by atoms with Gasteiger partial charge in [-0.3, -0.25) is 9.59 Å². The van der Waals surface area contributed by atoms with Crippen molar-refractivity contribution < 1.29 is 18.0 Å². The summed E-state index contributed by atoms with van der Waals surface area (Å²) in [6, 6.07) is 12.9. The van der Waals surface area contributed by atoms with Gasteiger partial charge in [-0.2, -0.15) is 0 Å². The van der Waals surface area contributed by atoms with Crippen LogP contribution < -0.4 is 14.9 Å². The molecule has 31 heavy (non-hydrogen) atoms. The van der Waals surface area contributed by atoms with Gasteiger partial charge in [0, 0.05) is 38.2 Å². The van der Waals surface area contributed by atoms with E-state index in [1.807, 2.05) is 32.0 Å². The van der Waals surface area contributed by atoms with Crippen molar-refractivity contribution in [2.75, 3.05) is 18.0 Å². The largest absolute Gasteiger partial charge is 0.356 e. The molecule has 1 atom stereocenters. The molecule has 0 saturated carbocycles. The maximum absolute atomic E-state index is 12.6. The highest BCUT2D eigenvalue weighted by Crippen LogP contribution is 2.33. The minimum absolute atomic E-state index is 0.00177. The van der Waals surface area contributed by atoms with Crippen molar-refractivity contribution in [3.63, 3.8) is 0 Å². The molecule has 1 aliphatic heterocycles. The Morgan fingerprint density at radius 1 is 1.13 bits per heavy atom. The summed E-state index contributed by atoms with van der Waals surface area (Å²) < 4.78 is 27.7. The molecule has 166 valence electrons. The molecule has 0 aliphatic carbocycles. The number of hydrogen-bond donors (Lipinski definition) is 2. The van der Waals surface area contributed by atoms with Crippen LogP contribution in [0, 0.1) is 6.92 Å². The van der Waals surface area contributed by atoms with Crippen molar-refractivity contribution in [3.8, 4) is 0 Å². The molecule has 0 aromatic heterocycles. The SMILES string of the molecule is CC(=O)N1c2ccc(S(=O)(=O)NCCC(=O)NCCc3cccc(C)c3)cc2C[C@H]1C. The number of sulfonamides is 1. The van der Waals surface area contributed by atoms with Gasteiger partial charge in [-0.15, -0.1) is 0 Å². The smallest absolute Gasteiger partial charge is 0.240 e. The number of rotatable bonds is 8. The Balaban J connectivity index is 1.49. The Bertz CT molecular complexity index is 1080. The molecule has 0 bridgehead atoms. The zero-order valence-corrected chi connectivity index (χ0v) is 19.0. The van der Waals surface area contributed by atoms with Crippen LogP contribution in [0.4, 0.5) is 5.69 Å². The highest BCUT2D eigenvalue weighted by molar-refractivity contribution is 7.89. The molecule has 0 fully saturated rings. The topological polar surface area (TPSA) is 95.6 Å². The van der Waals surface area contributed by atoms with Gasteiger partial charge in [0.25, 0.3) is 0 Å². The number of amides is 2. The quantitative estimate of drug-likeness (QED) is 0.655. The van der Waals surface area contributed by atoms with Gasteiger partial charge in [0.1, 0.15) is 0 Å². The fourth-order valence-corrected chi connectivity index (χ4v) is 5.02. The van der Waals surface area contributed by atoms with Crippen molar-refractivity contribution in [2.24, 2.45) is 0 Å². The summed E-state index contributed by atoms with van der Waals surface area (Å²) >= 11 is 0. The van der Waals surface area contributed by atoms with Crippen molar-refractivity contribution >= 4 is 27.5 Å². The second-order valence-corrected chi connectivity index (χ2v) is 9.74. The van der Waals surface area contributed by atoms with Crippen LogP contribution in [0.5, 0.6) is 0 Å². The summed E-state index contributed by atoms with van der Waals surface area (Å²) in [5.74, 6) is -0.261. The lowest BCUT2D eigenvalue weighted by molar-refractivity contribution is -0.121. The van der Waals surface area contributed by atoms with E-state index in [-0.39, 0.29) is 35.7 Å². The average molecular weight is 444 g/mol. The monoisotopic (exact) mass is 443 g/mol. The molecule has 0 saturated heterocycles. The molecule has 7 nitrogen and oxygen atoms in total. The van der Waals surface area contributed by atoms with Crippen LogP contribution in [-0.2, 0) is 32.5 Å². The Kier molecular flexibility index (Phi) is 7.12. The lowest BCUT2D eigenvalue weighted by Crippen LogP contribution is -2.33. The third-order valence-corrected chi connectivity index (χ3v) is 6.84. The number of benzene rings is 2. The minimum Gasteiger partial charge on any atom is -0.356 e. The van der Waals surface area contributed by atoms with Gasteiger partial charge in [-0.25, -0.2) is 13.1 Å². The number of hydrogen-bond acceptors (Lipinski definition) is 4. The van der Waals surface area contributed by atoms with Crippen molar-refractivity contribution in [3.05, 3.63) is 59.2 Å². The lowest BCUT2D eigenvalue weighted by atomic mass is 10.1. The predicted molar refractivity (Wildman–Crippen MR) is 120 cm³/mol. The number of carbonyl (C=O) groups excluding carboxylic acids is 2. The number of carbonyl (C=O) groups is 2. The van der Waals surface area contributed by atoms with E-state index in [4.69, 9.17) is 0 Å². The van der Waals surface area contributed by atoms with Crippen LogP contribution in [0.15, 0.2) is 47.4 Å². The van der Waals surface area contributed by atoms with Crippen LogP contribution in [-0.4, -0.2) is 39.4 Å². The predicted octanol–water partition coefficient (Wildman–Crippen LogP) is 2.32. The Morgan fingerprint density at radius 2 is 1.90 bits per heavy atom. The van der Waals surface area contributed by atoms with Gasteiger partial charge in [-0.05, 0) is 56.0 Å². The number of fused-ring (bicyclic) bond motifs is 1. The molecule has 3 rings (SSSR count). The van der Waals surface area contributed by atoms with E-state index in [0.29, 0.717) is 13.0 Å². The second-order valence-electron chi connectivity index (χ2n) is 7.97. The average Bonchev–Trinajstić information content (AvgIpc) is 3.03. The fraction of sp³-hybridized carbons (Fsp3) is 0.391. The van der Waals surface area contributed by atoms with E-state index in [1.165, 1.54) is 18.6 Å². The van der Waals surface area contributed by atoms with E-state index < -0.39 is 10.0 Å². The van der Waals surface area contributed by atoms with Gasteiger partial charge in [0.2, 0.25) is 21.8 Å². The van der Waals surface area contributed by atoms with Gasteiger partial charge in [0.05, 0.1) is 4.90 Å². The summed E-state index contributed by atoms with van der Waals surface area (Å²) in [5.41, 5.74) is 3.91. The molecule has 2 aromatic carbocycles. The van der Waals surface area contributed by atoms with Gasteiger partial charge in [-0.1, -0.05) is 29.8 Å². The van der Waals surface area contributed by atoms with E-state index in [2.05, 4.69) is 16.1 Å². The molecule has 2 N–H and O–H groups in total. The molecular formula is C23H29N3O4S. The first kappa shape index (κ1) is 23.0. The summed E-state index contributed by atoms with van der Waals surface area (Å²) in [5, 5.41) is 2.82. The number of nitrogens with one attached hydrogen (secondary N) is 2. The van der Waals surface area contributed by atoms with Crippen LogP contribution in [0.3, 0.4) is 0 Å². The van der Waals surface area contributed by atoms with Crippen LogP contribution in [0.2, 0.25) is 0 Å². The van der Waals surface area contributed by atoms with Gasteiger partial charge < -0.3 is 10.2 Å². The molecule has 8 heteroatoms. The van der Waals surface area contributed by atoms with Crippen LogP contribution >= 0.6 is 0 Å². The zero-order chi connectivity index (χ0) is 22.6. The van der Waals surface area contributed by atoms with Crippen LogP contribution in [0.25, 0.3) is 0 Å². The molecule has 1 heterocycles. The van der Waals surface area contributed by atoms with E-state index in [9.17, 15) is 18.0 Å². The number of aryl methyl sites for hydroxylation is 1. The third kappa shape index (κ3) is 5.71.